The molecule has 1 aromatic heterocycles. The fraction of sp³-hybridized carbons (Fsp3) is 0.318. The van der Waals surface area contributed by atoms with Crippen molar-refractivity contribution in [2.45, 2.75) is 32.5 Å². The van der Waals surface area contributed by atoms with Gasteiger partial charge in [-0.05, 0) is 29.8 Å². The van der Waals surface area contributed by atoms with Gasteiger partial charge in [-0.15, -0.1) is 10.2 Å². The summed E-state index contributed by atoms with van der Waals surface area (Å²) in [5.41, 5.74) is 0.651. The van der Waals surface area contributed by atoms with E-state index in [9.17, 15) is 18.0 Å². The summed E-state index contributed by atoms with van der Waals surface area (Å²) in [5.74, 6) is -0.343. The zero-order valence-electron chi connectivity index (χ0n) is 16.8. The maximum Gasteiger partial charge on any atom is 0.224 e. The van der Waals surface area contributed by atoms with Gasteiger partial charge in [0.05, 0.1) is 13.0 Å². The van der Waals surface area contributed by atoms with Crippen LogP contribution in [0.5, 0.6) is 0 Å². The molecule has 1 amide bonds. The van der Waals surface area contributed by atoms with Gasteiger partial charge in [0, 0.05) is 38.2 Å². The molecule has 162 valence electrons. The molecule has 1 N–H and O–H groups in total. The van der Waals surface area contributed by atoms with Crippen LogP contribution in [0.3, 0.4) is 0 Å². The molecule has 0 atom stereocenters. The predicted octanol–water partition coefficient (Wildman–Crippen LogP) is 2.61. The summed E-state index contributed by atoms with van der Waals surface area (Å²) >= 11 is 0. The van der Waals surface area contributed by atoms with Crippen molar-refractivity contribution in [3.8, 4) is 0 Å². The smallest absolute Gasteiger partial charge is 0.224 e. The molecule has 2 aromatic carbocycles. The molecule has 1 aliphatic heterocycles. The molecule has 0 radical (unpaired) electrons. The number of hydrogen-bond acceptors (Lipinski definition) is 4. The molecule has 6 nitrogen and oxygen atoms in total. The Labute approximate surface area is 177 Å². The zero-order chi connectivity index (χ0) is 21.8. The summed E-state index contributed by atoms with van der Waals surface area (Å²) in [6.07, 6.45) is 0.654. The Morgan fingerprint density at radius 1 is 1.00 bits per heavy atom. The highest BCUT2D eigenvalue weighted by Crippen LogP contribution is 2.17. The molecule has 0 fully saturated rings. The molecule has 0 saturated heterocycles. The highest BCUT2D eigenvalue weighted by Gasteiger charge is 2.21. The third-order valence-electron chi connectivity index (χ3n) is 5.34. The Morgan fingerprint density at radius 2 is 1.77 bits per heavy atom. The van der Waals surface area contributed by atoms with Crippen LogP contribution in [-0.4, -0.2) is 38.7 Å². The van der Waals surface area contributed by atoms with E-state index in [1.807, 2.05) is 9.47 Å². The first-order chi connectivity index (χ1) is 15.0. The highest BCUT2D eigenvalue weighted by molar-refractivity contribution is 5.78. The monoisotopic (exact) mass is 429 g/mol. The van der Waals surface area contributed by atoms with Gasteiger partial charge in [0.15, 0.2) is 5.82 Å². The predicted molar refractivity (Wildman–Crippen MR) is 107 cm³/mol. The van der Waals surface area contributed by atoms with Crippen LogP contribution in [-0.2, 0) is 37.3 Å². The molecule has 0 bridgehead atoms. The second-order valence-electron chi connectivity index (χ2n) is 7.49. The molecule has 31 heavy (non-hydrogen) atoms. The minimum atomic E-state index is -0.551. The highest BCUT2D eigenvalue weighted by atomic mass is 19.1. The molecule has 0 saturated carbocycles. The molecule has 2 heterocycles. The lowest BCUT2D eigenvalue weighted by Gasteiger charge is -2.20. The molecule has 1 aliphatic rings. The van der Waals surface area contributed by atoms with Gasteiger partial charge in [-0.1, -0.05) is 18.2 Å². The van der Waals surface area contributed by atoms with Crippen molar-refractivity contribution in [3.05, 3.63) is 82.7 Å². The number of carbonyl (C=O) groups is 1. The molecular weight excluding hydrogens is 407 g/mol. The number of benzene rings is 2. The van der Waals surface area contributed by atoms with Gasteiger partial charge in [0.2, 0.25) is 5.91 Å². The van der Waals surface area contributed by atoms with Gasteiger partial charge < -0.3 is 9.88 Å². The topological polar surface area (TPSA) is 63.1 Å². The fourth-order valence-corrected chi connectivity index (χ4v) is 3.70. The first-order valence-corrected chi connectivity index (χ1v) is 10.1. The molecule has 3 aromatic rings. The van der Waals surface area contributed by atoms with Crippen molar-refractivity contribution < 1.29 is 18.0 Å². The summed E-state index contributed by atoms with van der Waals surface area (Å²) in [6.45, 7) is 2.09. The van der Waals surface area contributed by atoms with Crippen LogP contribution in [0.1, 0.15) is 22.8 Å². The van der Waals surface area contributed by atoms with E-state index in [0.717, 1.165) is 5.82 Å². The van der Waals surface area contributed by atoms with Crippen molar-refractivity contribution in [1.82, 2.24) is 25.0 Å². The van der Waals surface area contributed by atoms with E-state index in [2.05, 4.69) is 15.5 Å². The lowest BCUT2D eigenvalue weighted by Crippen LogP contribution is -2.29. The number of rotatable bonds is 6. The molecule has 0 spiro atoms. The number of amides is 1. The first kappa shape index (κ1) is 21.0. The Morgan fingerprint density at radius 3 is 2.55 bits per heavy atom. The van der Waals surface area contributed by atoms with Gasteiger partial charge in [-0.25, -0.2) is 13.2 Å². The number of hydrogen-bond donors (Lipinski definition) is 1. The largest absolute Gasteiger partial charge is 0.349 e. The van der Waals surface area contributed by atoms with E-state index >= 15 is 0 Å². The number of fused-ring (bicyclic) bond motifs is 1. The second-order valence-corrected chi connectivity index (χ2v) is 7.49. The van der Waals surface area contributed by atoms with Gasteiger partial charge in [0.25, 0.3) is 0 Å². The SMILES string of the molecule is O=C(Cc1cccc(F)c1)NCc1nnc2n1CCN(Cc1c(F)cccc1F)CC2. The Kier molecular flexibility index (Phi) is 6.31. The van der Waals surface area contributed by atoms with Crippen LogP contribution in [0, 0.1) is 17.5 Å². The number of nitrogens with zero attached hydrogens (tertiary/aromatic N) is 4. The van der Waals surface area contributed by atoms with E-state index in [0.29, 0.717) is 37.4 Å². The Balaban J connectivity index is 1.35. The Bertz CT molecular complexity index is 1060. The van der Waals surface area contributed by atoms with E-state index in [1.54, 1.807) is 12.1 Å². The number of nitrogens with one attached hydrogen (secondary N) is 1. The molecule has 0 aliphatic carbocycles. The molecule has 9 heteroatoms. The van der Waals surface area contributed by atoms with Gasteiger partial charge in [-0.3, -0.25) is 9.69 Å². The normalized spacial score (nSPS) is 14.2. The van der Waals surface area contributed by atoms with Crippen molar-refractivity contribution in [1.29, 1.82) is 0 Å². The molecular formula is C22H22F3N5O. The minimum absolute atomic E-state index is 0.0602. The quantitative estimate of drug-likeness (QED) is 0.655. The van der Waals surface area contributed by atoms with Gasteiger partial charge in [0.1, 0.15) is 23.3 Å². The van der Waals surface area contributed by atoms with Gasteiger partial charge >= 0.3 is 0 Å². The van der Waals surface area contributed by atoms with E-state index in [-0.39, 0.29) is 36.8 Å². The van der Waals surface area contributed by atoms with Crippen LogP contribution in [0.15, 0.2) is 42.5 Å². The summed E-state index contributed by atoms with van der Waals surface area (Å²) in [4.78, 5) is 14.2. The van der Waals surface area contributed by atoms with Crippen LogP contribution in [0.2, 0.25) is 0 Å². The summed E-state index contributed by atoms with van der Waals surface area (Å²) in [6, 6.07) is 9.79. The maximum atomic E-state index is 14.0. The minimum Gasteiger partial charge on any atom is -0.349 e. The number of halogens is 3. The number of carbonyl (C=O) groups excluding carboxylic acids is 1. The Hall–Kier alpha value is -3.20. The average molecular weight is 429 g/mol. The maximum absolute atomic E-state index is 14.0. The van der Waals surface area contributed by atoms with Crippen LogP contribution in [0.4, 0.5) is 13.2 Å². The molecule has 4 rings (SSSR count). The summed E-state index contributed by atoms with van der Waals surface area (Å²) in [7, 11) is 0. The van der Waals surface area contributed by atoms with Crippen molar-refractivity contribution in [2.24, 2.45) is 0 Å². The van der Waals surface area contributed by atoms with Crippen LogP contribution >= 0.6 is 0 Å². The van der Waals surface area contributed by atoms with Crippen molar-refractivity contribution in [3.63, 3.8) is 0 Å². The zero-order valence-corrected chi connectivity index (χ0v) is 16.8. The third-order valence-corrected chi connectivity index (χ3v) is 5.34. The van der Waals surface area contributed by atoms with E-state index in [4.69, 9.17) is 0 Å². The number of aromatic nitrogens is 3. The van der Waals surface area contributed by atoms with Gasteiger partial charge in [-0.2, -0.15) is 0 Å². The van der Waals surface area contributed by atoms with Crippen molar-refractivity contribution in [2.75, 3.05) is 13.1 Å². The lowest BCUT2D eigenvalue weighted by molar-refractivity contribution is -0.120. The fourth-order valence-electron chi connectivity index (χ4n) is 3.70. The second kappa shape index (κ2) is 9.30. The lowest BCUT2D eigenvalue weighted by atomic mass is 10.1. The standard InChI is InChI=1S/C22H22F3N5O/c23-16-4-1-3-15(11-16)12-22(31)26-13-21-28-27-20-7-8-29(9-10-30(20)21)14-17-18(24)5-2-6-19(17)25/h1-6,11H,7-10,12-14H2,(H,26,31). The summed E-state index contributed by atoms with van der Waals surface area (Å²) < 4.78 is 43.1. The van der Waals surface area contributed by atoms with Crippen LogP contribution in [0.25, 0.3) is 0 Å². The molecule has 0 unspecified atom stereocenters. The first-order valence-electron chi connectivity index (χ1n) is 10.1. The van der Waals surface area contributed by atoms with E-state index < -0.39 is 11.6 Å². The van der Waals surface area contributed by atoms with Crippen LogP contribution < -0.4 is 5.32 Å². The summed E-state index contributed by atoms with van der Waals surface area (Å²) in [5, 5.41) is 11.2. The van der Waals surface area contributed by atoms with E-state index in [1.165, 1.54) is 30.3 Å². The third kappa shape index (κ3) is 5.11. The average Bonchev–Trinajstić information content (AvgIpc) is 3.01. The van der Waals surface area contributed by atoms with Crippen molar-refractivity contribution >= 4 is 5.91 Å².